The Bertz CT molecular complexity index is 481. The number of hydrogen-bond acceptors (Lipinski definition) is 4. The molecule has 0 radical (unpaired) electrons. The van der Waals surface area contributed by atoms with Gasteiger partial charge in [-0.2, -0.15) is 0 Å². The van der Waals surface area contributed by atoms with Gasteiger partial charge in [0.25, 0.3) is 0 Å². The summed E-state index contributed by atoms with van der Waals surface area (Å²) in [5, 5.41) is 3.37. The lowest BCUT2D eigenvalue weighted by molar-refractivity contribution is -0.117. The van der Waals surface area contributed by atoms with Crippen LogP contribution in [0.3, 0.4) is 0 Å². The lowest BCUT2D eigenvalue weighted by atomic mass is 10.2. The highest BCUT2D eigenvalue weighted by Gasteiger charge is 2.19. The minimum Gasteiger partial charge on any atom is -0.397 e. The summed E-state index contributed by atoms with van der Waals surface area (Å²) in [6.07, 6.45) is 0.437. The fraction of sp³-hybridized carbons (Fsp3) is 0.500. The van der Waals surface area contributed by atoms with Gasteiger partial charge in [-0.3, -0.25) is 9.69 Å². The molecule has 0 spiro atoms. The molecular weight excluding hydrogens is 278 g/mol. The summed E-state index contributed by atoms with van der Waals surface area (Å²) in [7, 11) is 0. The molecule has 0 saturated carbocycles. The number of carbonyl (C=O) groups excluding carboxylic acids is 1. The normalized spacial score (nSPS) is 19.8. The van der Waals surface area contributed by atoms with Crippen molar-refractivity contribution in [2.24, 2.45) is 0 Å². The van der Waals surface area contributed by atoms with Gasteiger partial charge in [-0.05, 0) is 25.1 Å². The van der Waals surface area contributed by atoms with Crippen molar-refractivity contribution in [1.29, 1.82) is 0 Å². The number of halogens is 1. The first-order valence-electron chi connectivity index (χ1n) is 6.73. The van der Waals surface area contributed by atoms with Gasteiger partial charge in [0.15, 0.2) is 0 Å². The maximum atomic E-state index is 11.9. The molecule has 1 aromatic carbocycles. The van der Waals surface area contributed by atoms with Gasteiger partial charge in [-0.25, -0.2) is 0 Å². The number of nitrogens with two attached hydrogens (primary N) is 1. The highest BCUT2D eigenvalue weighted by atomic mass is 35.5. The lowest BCUT2D eigenvalue weighted by Crippen LogP contribution is -2.44. The second-order valence-corrected chi connectivity index (χ2v) is 5.43. The molecule has 3 N–H and O–H groups in total. The van der Waals surface area contributed by atoms with E-state index in [0.717, 1.165) is 26.3 Å². The van der Waals surface area contributed by atoms with Crippen LogP contribution in [0.15, 0.2) is 18.2 Å². The number of benzene rings is 1. The van der Waals surface area contributed by atoms with Crippen molar-refractivity contribution >= 4 is 28.9 Å². The molecule has 1 aliphatic rings. The minimum absolute atomic E-state index is 0.0438. The maximum Gasteiger partial charge on any atom is 0.225 e. The predicted molar refractivity (Wildman–Crippen MR) is 81.0 cm³/mol. The van der Waals surface area contributed by atoms with Crippen molar-refractivity contribution in [3.05, 3.63) is 23.2 Å². The Kier molecular flexibility index (Phi) is 5.23. The summed E-state index contributed by atoms with van der Waals surface area (Å²) >= 11 is 5.82. The molecular formula is C14H20ClN3O2. The zero-order valence-corrected chi connectivity index (χ0v) is 12.3. The van der Waals surface area contributed by atoms with Gasteiger partial charge in [-0.15, -0.1) is 0 Å². The molecule has 1 atom stereocenters. The van der Waals surface area contributed by atoms with Crippen LogP contribution in [-0.4, -0.2) is 43.2 Å². The van der Waals surface area contributed by atoms with E-state index in [1.54, 1.807) is 18.2 Å². The fourth-order valence-corrected chi connectivity index (χ4v) is 2.38. The van der Waals surface area contributed by atoms with Crippen LogP contribution >= 0.6 is 11.6 Å². The van der Waals surface area contributed by atoms with Gasteiger partial charge in [0.05, 0.1) is 24.6 Å². The first-order valence-corrected chi connectivity index (χ1v) is 7.10. The zero-order chi connectivity index (χ0) is 14.5. The van der Waals surface area contributed by atoms with E-state index in [1.165, 1.54) is 0 Å². The minimum atomic E-state index is -0.0438. The van der Waals surface area contributed by atoms with Crippen LogP contribution in [0.1, 0.15) is 13.3 Å². The Labute approximate surface area is 124 Å². The largest absolute Gasteiger partial charge is 0.397 e. The van der Waals surface area contributed by atoms with Crippen molar-refractivity contribution in [3.63, 3.8) is 0 Å². The van der Waals surface area contributed by atoms with Gasteiger partial charge in [-0.1, -0.05) is 11.6 Å². The van der Waals surface area contributed by atoms with E-state index >= 15 is 0 Å². The molecule has 1 aromatic rings. The number of ether oxygens (including phenoxy) is 1. The molecule has 6 heteroatoms. The third kappa shape index (κ3) is 4.10. The summed E-state index contributed by atoms with van der Waals surface area (Å²) in [4.78, 5) is 14.2. The van der Waals surface area contributed by atoms with Crippen LogP contribution in [0.4, 0.5) is 11.4 Å². The molecule has 0 aromatic heterocycles. The second kappa shape index (κ2) is 6.92. The van der Waals surface area contributed by atoms with E-state index in [2.05, 4.69) is 17.1 Å². The van der Waals surface area contributed by atoms with E-state index in [1.807, 2.05) is 0 Å². The molecule has 0 aliphatic carbocycles. The number of hydrogen-bond donors (Lipinski definition) is 2. The Morgan fingerprint density at radius 3 is 3.10 bits per heavy atom. The van der Waals surface area contributed by atoms with E-state index in [4.69, 9.17) is 22.1 Å². The van der Waals surface area contributed by atoms with Crippen molar-refractivity contribution in [3.8, 4) is 0 Å². The number of carbonyl (C=O) groups is 1. The molecule has 1 unspecified atom stereocenters. The SMILES string of the molecule is CC1COCCN1CCC(=O)Nc1ccc(Cl)cc1N. The van der Waals surface area contributed by atoms with Crippen LogP contribution in [-0.2, 0) is 9.53 Å². The average molecular weight is 298 g/mol. The molecule has 1 heterocycles. The van der Waals surface area contributed by atoms with Crippen molar-refractivity contribution < 1.29 is 9.53 Å². The van der Waals surface area contributed by atoms with Crippen LogP contribution in [0, 0.1) is 0 Å². The Hall–Kier alpha value is -1.30. The maximum absolute atomic E-state index is 11.9. The molecule has 1 amide bonds. The number of rotatable bonds is 4. The van der Waals surface area contributed by atoms with E-state index in [-0.39, 0.29) is 5.91 Å². The highest BCUT2D eigenvalue weighted by molar-refractivity contribution is 6.31. The molecule has 5 nitrogen and oxygen atoms in total. The molecule has 1 saturated heterocycles. The third-order valence-electron chi connectivity index (χ3n) is 3.42. The first-order chi connectivity index (χ1) is 9.56. The predicted octanol–water partition coefficient (Wildman–Crippen LogP) is 1.97. The van der Waals surface area contributed by atoms with Crippen molar-refractivity contribution in [2.75, 3.05) is 37.4 Å². The summed E-state index contributed by atoms with van der Waals surface area (Å²) in [5.74, 6) is -0.0438. The van der Waals surface area contributed by atoms with Gasteiger partial charge in [0, 0.05) is 30.6 Å². The highest BCUT2D eigenvalue weighted by Crippen LogP contribution is 2.22. The van der Waals surface area contributed by atoms with Gasteiger partial charge in [0.1, 0.15) is 0 Å². The molecule has 2 rings (SSSR count). The third-order valence-corrected chi connectivity index (χ3v) is 3.65. The quantitative estimate of drug-likeness (QED) is 0.834. The smallest absolute Gasteiger partial charge is 0.225 e. The molecule has 110 valence electrons. The zero-order valence-electron chi connectivity index (χ0n) is 11.6. The van der Waals surface area contributed by atoms with Crippen LogP contribution in [0.2, 0.25) is 5.02 Å². The summed E-state index contributed by atoms with van der Waals surface area (Å²) < 4.78 is 5.37. The van der Waals surface area contributed by atoms with Crippen molar-refractivity contribution in [2.45, 2.75) is 19.4 Å². The van der Waals surface area contributed by atoms with Crippen LogP contribution < -0.4 is 11.1 Å². The molecule has 1 fully saturated rings. The number of morpholine rings is 1. The standard InChI is InChI=1S/C14H20ClN3O2/c1-10-9-20-7-6-18(10)5-4-14(19)17-13-3-2-11(15)8-12(13)16/h2-3,8,10H,4-7,9,16H2,1H3,(H,17,19). The van der Waals surface area contributed by atoms with Crippen molar-refractivity contribution in [1.82, 2.24) is 4.90 Å². The monoisotopic (exact) mass is 297 g/mol. The summed E-state index contributed by atoms with van der Waals surface area (Å²) in [6.45, 7) is 5.16. The van der Waals surface area contributed by atoms with Crippen LogP contribution in [0.25, 0.3) is 0 Å². The second-order valence-electron chi connectivity index (χ2n) is 4.99. The molecule has 0 bridgehead atoms. The van der Waals surface area contributed by atoms with Gasteiger partial charge < -0.3 is 15.8 Å². The molecule has 1 aliphatic heterocycles. The number of nitrogens with zero attached hydrogens (tertiary/aromatic N) is 1. The van der Waals surface area contributed by atoms with E-state index in [9.17, 15) is 4.79 Å². The lowest BCUT2D eigenvalue weighted by Gasteiger charge is -2.32. The first kappa shape index (κ1) is 15.1. The van der Waals surface area contributed by atoms with E-state index < -0.39 is 0 Å². The number of amides is 1. The van der Waals surface area contributed by atoms with Crippen LogP contribution in [0.5, 0.6) is 0 Å². The Balaban J connectivity index is 1.83. The number of anilines is 2. The topological polar surface area (TPSA) is 67.6 Å². The number of nitrogens with one attached hydrogen (secondary N) is 1. The molecule has 20 heavy (non-hydrogen) atoms. The fourth-order valence-electron chi connectivity index (χ4n) is 2.20. The Morgan fingerprint density at radius 1 is 1.60 bits per heavy atom. The average Bonchev–Trinajstić information content (AvgIpc) is 2.41. The summed E-state index contributed by atoms with van der Waals surface area (Å²) in [5.41, 5.74) is 6.89. The summed E-state index contributed by atoms with van der Waals surface area (Å²) in [6, 6.07) is 5.41. The van der Waals surface area contributed by atoms with E-state index in [0.29, 0.717) is 28.9 Å². The van der Waals surface area contributed by atoms with Gasteiger partial charge >= 0.3 is 0 Å². The number of nitrogen functional groups attached to an aromatic ring is 1. The van der Waals surface area contributed by atoms with Gasteiger partial charge in [0.2, 0.25) is 5.91 Å². The Morgan fingerprint density at radius 2 is 2.40 bits per heavy atom.